The van der Waals surface area contributed by atoms with Gasteiger partial charge in [-0.3, -0.25) is 4.79 Å². The summed E-state index contributed by atoms with van der Waals surface area (Å²) in [7, 11) is 1.64. The van der Waals surface area contributed by atoms with Gasteiger partial charge in [-0.1, -0.05) is 35.9 Å². The smallest absolute Gasteiger partial charge is 0.181 e. The molecular formula is C28H28N4O2S. The number of hydrogen-bond acceptors (Lipinski definition) is 6. The average molecular weight is 485 g/mol. The number of aromatic nitrogens is 4. The maximum absolute atomic E-state index is 13.2. The standard InChI is InChI=1S/C28H28N4O2S/c1-19-29-25-10-6-7-20(11-16-26(25)35-19)17-23(33)18-32-28(22-8-4-3-5-9-22)30-27(31-32)21-12-14-24(34-2)15-13-21/h3-5,8-9,12-15,17H,6-7,10-11,16,18H2,1-2H3. The lowest BCUT2D eigenvalue weighted by Crippen LogP contribution is -2.12. The molecule has 0 atom stereocenters. The molecule has 0 fully saturated rings. The Labute approximate surface area is 209 Å². The summed E-state index contributed by atoms with van der Waals surface area (Å²) < 4.78 is 6.99. The van der Waals surface area contributed by atoms with Crippen molar-refractivity contribution in [3.8, 4) is 28.5 Å². The Morgan fingerprint density at radius 3 is 2.57 bits per heavy atom. The molecule has 0 N–H and O–H groups in total. The SMILES string of the molecule is COc1ccc(-c2nc(-c3ccccc3)n(CC(=O)C=C3CCCc4nc(C)sc4CC3)n2)cc1. The molecular weight excluding hydrogens is 456 g/mol. The number of allylic oxidation sites excluding steroid dienone is 2. The molecule has 1 aliphatic rings. The van der Waals surface area contributed by atoms with Gasteiger partial charge in [-0.2, -0.15) is 0 Å². The zero-order valence-corrected chi connectivity index (χ0v) is 20.8. The molecule has 2 heterocycles. The van der Waals surface area contributed by atoms with Gasteiger partial charge >= 0.3 is 0 Å². The molecule has 0 radical (unpaired) electrons. The van der Waals surface area contributed by atoms with Crippen molar-refractivity contribution in [2.45, 2.75) is 45.6 Å². The van der Waals surface area contributed by atoms with E-state index in [-0.39, 0.29) is 12.3 Å². The first-order valence-corrected chi connectivity index (χ1v) is 12.7. The van der Waals surface area contributed by atoms with Crippen molar-refractivity contribution in [1.29, 1.82) is 0 Å². The molecule has 0 unspecified atom stereocenters. The summed E-state index contributed by atoms with van der Waals surface area (Å²) in [6.07, 6.45) is 6.64. The topological polar surface area (TPSA) is 69.9 Å². The molecule has 178 valence electrons. The molecule has 4 aromatic rings. The first-order chi connectivity index (χ1) is 17.1. The summed E-state index contributed by atoms with van der Waals surface area (Å²) in [6.45, 7) is 2.22. The van der Waals surface area contributed by atoms with Gasteiger partial charge < -0.3 is 4.74 Å². The third-order valence-electron chi connectivity index (χ3n) is 6.19. The molecule has 0 aliphatic heterocycles. The summed E-state index contributed by atoms with van der Waals surface area (Å²) in [5.41, 5.74) is 4.27. The molecule has 5 rings (SSSR count). The van der Waals surface area contributed by atoms with E-state index in [1.807, 2.05) is 60.7 Å². The van der Waals surface area contributed by atoms with E-state index >= 15 is 0 Å². The lowest BCUT2D eigenvalue weighted by atomic mass is 9.96. The van der Waals surface area contributed by atoms with Crippen LogP contribution in [0.25, 0.3) is 22.8 Å². The lowest BCUT2D eigenvalue weighted by Gasteiger charge is -2.12. The number of thiazole rings is 1. The highest BCUT2D eigenvalue weighted by atomic mass is 32.1. The van der Waals surface area contributed by atoms with Crippen LogP contribution in [-0.2, 0) is 24.2 Å². The summed E-state index contributed by atoms with van der Waals surface area (Å²) in [6, 6.07) is 17.5. The highest BCUT2D eigenvalue weighted by Gasteiger charge is 2.17. The van der Waals surface area contributed by atoms with Gasteiger partial charge in [0.1, 0.15) is 12.3 Å². The molecule has 35 heavy (non-hydrogen) atoms. The lowest BCUT2D eigenvalue weighted by molar-refractivity contribution is -0.115. The number of methoxy groups -OCH3 is 1. The molecule has 2 aromatic heterocycles. The Hall–Kier alpha value is -3.58. The molecule has 1 aliphatic carbocycles. The van der Waals surface area contributed by atoms with E-state index in [1.54, 1.807) is 23.1 Å². The summed E-state index contributed by atoms with van der Waals surface area (Å²) in [5.74, 6) is 2.10. The number of hydrogen-bond donors (Lipinski definition) is 0. The van der Waals surface area contributed by atoms with E-state index < -0.39 is 0 Å². The predicted octanol–water partition coefficient (Wildman–Crippen LogP) is 5.85. The van der Waals surface area contributed by atoms with E-state index in [9.17, 15) is 4.79 Å². The van der Waals surface area contributed by atoms with Crippen LogP contribution in [0.15, 0.2) is 66.2 Å². The maximum atomic E-state index is 13.2. The third-order valence-corrected chi connectivity index (χ3v) is 7.27. The Bertz CT molecular complexity index is 1350. The van der Waals surface area contributed by atoms with E-state index in [0.29, 0.717) is 11.6 Å². The number of benzene rings is 2. The van der Waals surface area contributed by atoms with Crippen molar-refractivity contribution in [3.05, 3.63) is 81.8 Å². The highest BCUT2D eigenvalue weighted by Crippen LogP contribution is 2.28. The highest BCUT2D eigenvalue weighted by molar-refractivity contribution is 7.11. The molecule has 0 saturated carbocycles. The zero-order valence-electron chi connectivity index (χ0n) is 20.0. The Kier molecular flexibility index (Phi) is 6.86. The van der Waals surface area contributed by atoms with E-state index in [1.165, 1.54) is 16.1 Å². The summed E-state index contributed by atoms with van der Waals surface area (Å²) >= 11 is 1.79. The van der Waals surface area contributed by atoms with Crippen molar-refractivity contribution in [1.82, 2.24) is 19.7 Å². The number of nitrogens with zero attached hydrogens (tertiary/aromatic N) is 4. The zero-order chi connectivity index (χ0) is 24.2. The van der Waals surface area contributed by atoms with Gasteiger partial charge in [0.25, 0.3) is 0 Å². The second kappa shape index (κ2) is 10.4. The van der Waals surface area contributed by atoms with Crippen molar-refractivity contribution in [2.75, 3.05) is 7.11 Å². The van der Waals surface area contributed by atoms with Crippen LogP contribution >= 0.6 is 11.3 Å². The first kappa shape index (κ1) is 23.2. The Morgan fingerprint density at radius 2 is 1.80 bits per heavy atom. The minimum Gasteiger partial charge on any atom is -0.497 e. The van der Waals surface area contributed by atoms with Crippen molar-refractivity contribution in [3.63, 3.8) is 0 Å². The van der Waals surface area contributed by atoms with Gasteiger partial charge in [0.05, 0.1) is 17.8 Å². The van der Waals surface area contributed by atoms with Crippen LogP contribution in [0, 0.1) is 6.92 Å². The molecule has 6 nitrogen and oxygen atoms in total. The van der Waals surface area contributed by atoms with Gasteiger partial charge in [-0.15, -0.1) is 16.4 Å². The van der Waals surface area contributed by atoms with Crippen LogP contribution in [0.1, 0.15) is 34.8 Å². The van der Waals surface area contributed by atoms with Crippen LogP contribution in [-0.4, -0.2) is 32.6 Å². The molecule has 2 aromatic carbocycles. The van der Waals surface area contributed by atoms with E-state index in [0.717, 1.165) is 54.0 Å². The average Bonchev–Trinajstić information content (AvgIpc) is 3.44. The first-order valence-electron chi connectivity index (χ1n) is 11.9. The van der Waals surface area contributed by atoms with Gasteiger partial charge in [-0.05, 0) is 69.4 Å². The number of rotatable bonds is 6. The molecule has 0 amide bonds. The summed E-state index contributed by atoms with van der Waals surface area (Å²) in [5, 5.41) is 5.85. The number of fused-ring (bicyclic) bond motifs is 1. The third kappa shape index (κ3) is 5.41. The fourth-order valence-electron chi connectivity index (χ4n) is 4.47. The number of aryl methyl sites for hydroxylation is 3. The fourth-order valence-corrected chi connectivity index (χ4v) is 5.45. The minimum atomic E-state index is 0.0460. The second-order valence-electron chi connectivity index (χ2n) is 8.74. The van der Waals surface area contributed by atoms with Crippen molar-refractivity contribution < 1.29 is 9.53 Å². The maximum Gasteiger partial charge on any atom is 0.181 e. The van der Waals surface area contributed by atoms with Crippen molar-refractivity contribution >= 4 is 17.1 Å². The summed E-state index contributed by atoms with van der Waals surface area (Å²) in [4.78, 5) is 24.0. The van der Waals surface area contributed by atoms with E-state index in [2.05, 4.69) is 11.9 Å². The van der Waals surface area contributed by atoms with Crippen LogP contribution in [0.4, 0.5) is 0 Å². The quantitative estimate of drug-likeness (QED) is 0.321. The number of carbonyl (C=O) groups excluding carboxylic acids is 1. The van der Waals surface area contributed by atoms with Gasteiger partial charge in [0.15, 0.2) is 17.4 Å². The molecule has 0 bridgehead atoms. The monoisotopic (exact) mass is 484 g/mol. The largest absolute Gasteiger partial charge is 0.497 e. The van der Waals surface area contributed by atoms with E-state index in [4.69, 9.17) is 14.8 Å². The van der Waals surface area contributed by atoms with Crippen molar-refractivity contribution in [2.24, 2.45) is 0 Å². The number of ketones is 1. The van der Waals surface area contributed by atoms with Crippen LogP contribution in [0.5, 0.6) is 5.75 Å². The number of carbonyl (C=O) groups is 1. The predicted molar refractivity (Wildman–Crippen MR) is 139 cm³/mol. The Balaban J connectivity index is 1.39. The normalized spacial score (nSPS) is 14.9. The van der Waals surface area contributed by atoms with Gasteiger partial charge in [-0.25, -0.2) is 14.6 Å². The second-order valence-corrected chi connectivity index (χ2v) is 10.0. The molecule has 0 spiro atoms. The van der Waals surface area contributed by atoms with Gasteiger partial charge in [0, 0.05) is 16.0 Å². The molecule has 0 saturated heterocycles. The Morgan fingerprint density at radius 1 is 1.00 bits per heavy atom. The number of ether oxygens (including phenoxy) is 1. The van der Waals surface area contributed by atoms with Gasteiger partial charge in [0.2, 0.25) is 0 Å². The van der Waals surface area contributed by atoms with Crippen LogP contribution < -0.4 is 4.74 Å². The van der Waals surface area contributed by atoms with Crippen LogP contribution in [0.2, 0.25) is 0 Å². The molecule has 7 heteroatoms. The fraction of sp³-hybridized carbons (Fsp3) is 0.286. The minimum absolute atomic E-state index is 0.0460. The van der Waals surface area contributed by atoms with Crippen LogP contribution in [0.3, 0.4) is 0 Å².